The number of aliphatic hydroxyl groups excluding tert-OH is 2. The van der Waals surface area contributed by atoms with Crippen LogP contribution in [0.4, 0.5) is 0 Å². The third-order valence-electron chi connectivity index (χ3n) is 4.61. The summed E-state index contributed by atoms with van der Waals surface area (Å²) in [5, 5.41) is 19.8. The molecule has 2 rings (SSSR count). The van der Waals surface area contributed by atoms with Crippen molar-refractivity contribution in [1.82, 2.24) is 0 Å². The van der Waals surface area contributed by atoms with Crippen molar-refractivity contribution < 1.29 is 48.2 Å². The highest BCUT2D eigenvalue weighted by Crippen LogP contribution is 2.30. The zero-order valence-electron chi connectivity index (χ0n) is 17.7. The number of rotatable bonds is 12. The fourth-order valence-electron chi connectivity index (χ4n) is 2.92. The Kier molecular flexibility index (Phi) is 9.66. The lowest BCUT2D eigenvalue weighted by atomic mass is 10.1. The van der Waals surface area contributed by atoms with Crippen molar-refractivity contribution in [3.05, 3.63) is 12.2 Å². The van der Waals surface area contributed by atoms with Crippen LogP contribution in [0.1, 0.15) is 20.8 Å². The monoisotopic (exact) mass is 432 g/mol. The van der Waals surface area contributed by atoms with Crippen LogP contribution in [0.5, 0.6) is 0 Å². The van der Waals surface area contributed by atoms with E-state index in [1.165, 1.54) is 6.92 Å². The molecule has 2 saturated heterocycles. The Morgan fingerprint density at radius 1 is 0.933 bits per heavy atom. The first-order valence-corrected chi connectivity index (χ1v) is 10.0. The van der Waals surface area contributed by atoms with Gasteiger partial charge in [-0.3, -0.25) is 4.79 Å². The van der Waals surface area contributed by atoms with Crippen molar-refractivity contribution in [2.75, 3.05) is 39.6 Å². The maximum absolute atomic E-state index is 11.4. The van der Waals surface area contributed by atoms with Crippen LogP contribution >= 0.6 is 0 Å². The molecule has 10 nitrogen and oxygen atoms in total. The Bertz CT molecular complexity index is 592. The Hall–Kier alpha value is -1.56. The van der Waals surface area contributed by atoms with Gasteiger partial charge in [-0.1, -0.05) is 20.4 Å². The quantitative estimate of drug-likeness (QED) is 0.310. The molecule has 172 valence electrons. The molecule has 0 spiro atoms. The van der Waals surface area contributed by atoms with Crippen LogP contribution in [0.25, 0.3) is 0 Å². The summed E-state index contributed by atoms with van der Waals surface area (Å²) in [4.78, 5) is 22.8. The molecular weight excluding hydrogens is 400 g/mol. The first-order valence-electron chi connectivity index (χ1n) is 10.0. The Morgan fingerprint density at radius 2 is 1.40 bits per heavy atom. The molecule has 30 heavy (non-hydrogen) atoms. The second-order valence-corrected chi connectivity index (χ2v) is 7.81. The molecule has 2 fully saturated rings. The minimum Gasteiger partial charge on any atom is -0.463 e. The number of carbonyl (C=O) groups excluding carboxylic acids is 2. The van der Waals surface area contributed by atoms with E-state index >= 15 is 0 Å². The molecule has 6 atom stereocenters. The molecule has 0 bridgehead atoms. The number of hydrogen-bond acceptors (Lipinski definition) is 10. The van der Waals surface area contributed by atoms with E-state index in [1.807, 2.05) is 0 Å². The zero-order valence-corrected chi connectivity index (χ0v) is 17.7. The van der Waals surface area contributed by atoms with Crippen LogP contribution in [-0.4, -0.2) is 98.4 Å². The fourth-order valence-corrected chi connectivity index (χ4v) is 2.92. The molecule has 0 aliphatic carbocycles. The van der Waals surface area contributed by atoms with Crippen molar-refractivity contribution in [3.63, 3.8) is 0 Å². The molecule has 2 N–H and O–H groups in total. The highest BCUT2D eigenvalue weighted by atomic mass is 16.6. The number of aliphatic hydroxyl groups is 2. The maximum atomic E-state index is 11.4. The Balaban J connectivity index is 1.67. The van der Waals surface area contributed by atoms with Gasteiger partial charge in [-0.2, -0.15) is 0 Å². The van der Waals surface area contributed by atoms with Crippen LogP contribution in [0, 0.1) is 5.92 Å². The summed E-state index contributed by atoms with van der Waals surface area (Å²) in [6.45, 7) is 8.55. The predicted octanol–water partition coefficient (Wildman–Crippen LogP) is -0.405. The van der Waals surface area contributed by atoms with E-state index in [9.17, 15) is 19.8 Å². The SMILES string of the molecule is C=C(C)C(=O)OCC(O)COC1COC2C(OCC(O)COC(=O)C(C)C)COC12. The van der Waals surface area contributed by atoms with Crippen LogP contribution in [0.3, 0.4) is 0 Å². The number of fused-ring (bicyclic) bond motifs is 1. The second kappa shape index (κ2) is 11.7. The molecule has 0 aromatic carbocycles. The molecule has 0 saturated carbocycles. The maximum Gasteiger partial charge on any atom is 0.333 e. The van der Waals surface area contributed by atoms with Crippen molar-refractivity contribution >= 4 is 11.9 Å². The highest BCUT2D eigenvalue weighted by Gasteiger charge is 2.49. The van der Waals surface area contributed by atoms with E-state index in [-0.39, 0.29) is 75.4 Å². The lowest BCUT2D eigenvalue weighted by Gasteiger charge is -2.20. The van der Waals surface area contributed by atoms with Crippen LogP contribution in [0.15, 0.2) is 12.2 Å². The van der Waals surface area contributed by atoms with Gasteiger partial charge >= 0.3 is 11.9 Å². The van der Waals surface area contributed by atoms with Gasteiger partial charge in [-0.25, -0.2) is 4.79 Å². The normalized spacial score (nSPS) is 27.5. The molecule has 10 heteroatoms. The number of hydrogen-bond donors (Lipinski definition) is 2. The first-order chi connectivity index (χ1) is 14.2. The molecule has 0 amide bonds. The van der Waals surface area contributed by atoms with Crippen molar-refractivity contribution in [3.8, 4) is 0 Å². The molecular formula is C20H32O10. The molecule has 6 unspecified atom stereocenters. The van der Waals surface area contributed by atoms with E-state index in [2.05, 4.69) is 6.58 Å². The summed E-state index contributed by atoms with van der Waals surface area (Å²) in [5.74, 6) is -1.21. The lowest BCUT2D eigenvalue weighted by molar-refractivity contribution is -0.152. The topological polar surface area (TPSA) is 130 Å². The zero-order chi connectivity index (χ0) is 22.3. The van der Waals surface area contributed by atoms with Crippen LogP contribution in [-0.2, 0) is 38.0 Å². The van der Waals surface area contributed by atoms with Gasteiger partial charge < -0.3 is 38.6 Å². The molecule has 0 radical (unpaired) electrons. The summed E-state index contributed by atoms with van der Waals surface area (Å²) in [6.07, 6.45) is -3.44. The van der Waals surface area contributed by atoms with Gasteiger partial charge in [0.1, 0.15) is 49.8 Å². The summed E-state index contributed by atoms with van der Waals surface area (Å²) in [6, 6.07) is 0. The van der Waals surface area contributed by atoms with Gasteiger partial charge in [0.25, 0.3) is 0 Å². The van der Waals surface area contributed by atoms with Crippen molar-refractivity contribution in [2.45, 2.75) is 57.4 Å². The number of esters is 2. The van der Waals surface area contributed by atoms with Gasteiger partial charge in [0.2, 0.25) is 0 Å². The fraction of sp³-hybridized carbons (Fsp3) is 0.800. The summed E-state index contributed by atoms with van der Waals surface area (Å²) < 4.78 is 32.6. The van der Waals surface area contributed by atoms with Gasteiger partial charge in [0.15, 0.2) is 0 Å². The standard InChI is InChI=1S/C20H32O10/c1-11(2)19(23)29-7-13(21)5-25-15-9-27-18-16(10-28-17(15)18)26-6-14(22)8-30-20(24)12(3)4/h12-18,21-22H,1,5-10H2,2-4H3. The first kappa shape index (κ1) is 24.7. The third-order valence-corrected chi connectivity index (χ3v) is 4.61. The van der Waals surface area contributed by atoms with Crippen LogP contribution < -0.4 is 0 Å². The molecule has 0 aromatic rings. The van der Waals surface area contributed by atoms with Gasteiger partial charge in [0, 0.05) is 5.57 Å². The van der Waals surface area contributed by atoms with Gasteiger partial charge in [0.05, 0.1) is 32.3 Å². The molecule has 2 aliphatic heterocycles. The number of ether oxygens (including phenoxy) is 6. The summed E-state index contributed by atoms with van der Waals surface area (Å²) in [5.41, 5.74) is 0.253. The lowest BCUT2D eigenvalue weighted by Crippen LogP contribution is -2.37. The molecule has 2 aliphatic rings. The van der Waals surface area contributed by atoms with Crippen LogP contribution in [0.2, 0.25) is 0 Å². The second-order valence-electron chi connectivity index (χ2n) is 7.81. The minimum atomic E-state index is -0.982. The average Bonchev–Trinajstić information content (AvgIpc) is 3.29. The van der Waals surface area contributed by atoms with E-state index in [0.29, 0.717) is 0 Å². The smallest absolute Gasteiger partial charge is 0.333 e. The summed E-state index contributed by atoms with van der Waals surface area (Å²) in [7, 11) is 0. The highest BCUT2D eigenvalue weighted by molar-refractivity contribution is 5.86. The average molecular weight is 432 g/mol. The Morgan fingerprint density at radius 3 is 1.83 bits per heavy atom. The van der Waals surface area contributed by atoms with E-state index in [4.69, 9.17) is 28.4 Å². The molecule has 0 aromatic heterocycles. The summed E-state index contributed by atoms with van der Waals surface area (Å²) >= 11 is 0. The number of carbonyl (C=O) groups is 2. The van der Waals surface area contributed by atoms with E-state index in [0.717, 1.165) is 0 Å². The van der Waals surface area contributed by atoms with Crippen molar-refractivity contribution in [2.24, 2.45) is 5.92 Å². The van der Waals surface area contributed by atoms with Gasteiger partial charge in [-0.15, -0.1) is 0 Å². The van der Waals surface area contributed by atoms with E-state index in [1.54, 1.807) is 13.8 Å². The molecule has 2 heterocycles. The van der Waals surface area contributed by atoms with Gasteiger partial charge in [-0.05, 0) is 6.92 Å². The third kappa shape index (κ3) is 7.29. The minimum absolute atomic E-state index is 0.0235. The Labute approximate surface area is 176 Å². The predicted molar refractivity (Wildman–Crippen MR) is 103 cm³/mol. The van der Waals surface area contributed by atoms with Crippen molar-refractivity contribution in [1.29, 1.82) is 0 Å². The van der Waals surface area contributed by atoms with E-state index < -0.39 is 24.3 Å². The largest absolute Gasteiger partial charge is 0.463 e.